The smallest absolute Gasteiger partial charge is 0.141 e. The molecular formula is C22H26N2O. The van der Waals surface area contributed by atoms with Crippen molar-refractivity contribution in [1.29, 1.82) is 0 Å². The zero-order chi connectivity index (χ0) is 18.2. The number of benzene rings is 2. The average Bonchev–Trinajstić information content (AvgIpc) is 2.53. The fourth-order valence-corrected chi connectivity index (χ4v) is 3.81. The summed E-state index contributed by atoms with van der Waals surface area (Å²) < 4.78 is 0. The van der Waals surface area contributed by atoms with Crippen LogP contribution in [0.15, 0.2) is 53.5 Å². The summed E-state index contributed by atoms with van der Waals surface area (Å²) in [4.78, 5) is 6.88. The van der Waals surface area contributed by atoms with Gasteiger partial charge < -0.3 is 10.0 Å². The number of para-hydroxylation sites is 2. The number of anilines is 1. The quantitative estimate of drug-likeness (QED) is 0.747. The Bertz CT molecular complexity index is 847. The van der Waals surface area contributed by atoms with E-state index in [0.717, 1.165) is 5.56 Å². The highest BCUT2D eigenvalue weighted by Gasteiger charge is 2.32. The van der Waals surface area contributed by atoms with Crippen molar-refractivity contribution in [2.24, 2.45) is 4.99 Å². The van der Waals surface area contributed by atoms with Gasteiger partial charge in [-0.05, 0) is 70.0 Å². The van der Waals surface area contributed by atoms with Gasteiger partial charge in [0, 0.05) is 23.5 Å². The molecule has 0 aromatic heterocycles. The summed E-state index contributed by atoms with van der Waals surface area (Å²) in [6, 6.07) is 14.0. The van der Waals surface area contributed by atoms with Crippen LogP contribution in [0.2, 0.25) is 0 Å². The van der Waals surface area contributed by atoms with Crippen LogP contribution >= 0.6 is 0 Å². The maximum Gasteiger partial charge on any atom is 0.141 e. The maximum atomic E-state index is 9.85. The molecule has 0 unspecified atom stereocenters. The van der Waals surface area contributed by atoms with Crippen LogP contribution in [0, 0.1) is 0 Å². The topological polar surface area (TPSA) is 35.8 Å². The number of nitrogens with zero attached hydrogens (tertiary/aromatic N) is 2. The lowest BCUT2D eigenvalue weighted by Gasteiger charge is -2.46. The van der Waals surface area contributed by atoms with Crippen molar-refractivity contribution >= 4 is 23.2 Å². The summed E-state index contributed by atoms with van der Waals surface area (Å²) in [5.74, 6) is 0.195. The number of aromatic hydroxyl groups is 1. The number of aliphatic imine (C=N–C) groups is 1. The van der Waals surface area contributed by atoms with Crippen LogP contribution in [0.3, 0.4) is 0 Å². The van der Waals surface area contributed by atoms with Gasteiger partial charge in [0.15, 0.2) is 0 Å². The van der Waals surface area contributed by atoms with E-state index in [1.165, 1.54) is 16.8 Å². The predicted molar refractivity (Wildman–Crippen MR) is 107 cm³/mol. The summed E-state index contributed by atoms with van der Waals surface area (Å²) >= 11 is 0. The van der Waals surface area contributed by atoms with E-state index in [-0.39, 0.29) is 11.3 Å². The van der Waals surface area contributed by atoms with Gasteiger partial charge in [0.1, 0.15) is 11.4 Å². The van der Waals surface area contributed by atoms with Gasteiger partial charge in [-0.2, -0.15) is 0 Å². The molecule has 2 aromatic rings. The number of rotatable bonds is 3. The molecule has 130 valence electrons. The first kappa shape index (κ1) is 17.3. The first-order chi connectivity index (χ1) is 11.8. The molecule has 0 fully saturated rings. The molecule has 0 bridgehead atoms. The Morgan fingerprint density at radius 3 is 2.52 bits per heavy atom. The van der Waals surface area contributed by atoms with Crippen molar-refractivity contribution in [3.05, 3.63) is 59.7 Å². The Labute approximate surface area is 150 Å². The fraction of sp³-hybridized carbons (Fsp3) is 0.318. The van der Waals surface area contributed by atoms with Crippen LogP contribution in [0.25, 0.3) is 5.57 Å². The largest absolute Gasteiger partial charge is 0.506 e. The van der Waals surface area contributed by atoms with Crippen LogP contribution in [-0.4, -0.2) is 22.9 Å². The van der Waals surface area contributed by atoms with Crippen molar-refractivity contribution in [3.63, 3.8) is 0 Å². The second-order valence-electron chi connectivity index (χ2n) is 7.47. The van der Waals surface area contributed by atoms with Crippen molar-refractivity contribution in [2.45, 2.75) is 46.2 Å². The normalized spacial score (nSPS) is 16.2. The van der Waals surface area contributed by atoms with Crippen LogP contribution < -0.4 is 4.90 Å². The van der Waals surface area contributed by atoms with Crippen molar-refractivity contribution in [2.75, 3.05) is 4.90 Å². The Hall–Kier alpha value is -2.55. The molecule has 0 amide bonds. The monoisotopic (exact) mass is 334 g/mol. The highest BCUT2D eigenvalue weighted by molar-refractivity contribution is 5.89. The minimum atomic E-state index is -0.00329. The molecule has 1 aliphatic rings. The van der Waals surface area contributed by atoms with Crippen LogP contribution in [0.5, 0.6) is 5.75 Å². The summed E-state index contributed by atoms with van der Waals surface area (Å²) in [6.45, 7) is 11.1. The van der Waals surface area contributed by atoms with Gasteiger partial charge in [0.2, 0.25) is 0 Å². The first-order valence-corrected chi connectivity index (χ1v) is 8.75. The fourth-order valence-electron chi connectivity index (χ4n) is 3.81. The molecule has 25 heavy (non-hydrogen) atoms. The molecule has 1 N–H and O–H groups in total. The first-order valence-electron chi connectivity index (χ1n) is 8.75. The zero-order valence-corrected chi connectivity index (χ0v) is 15.6. The van der Waals surface area contributed by atoms with Gasteiger partial charge in [0.05, 0.1) is 5.54 Å². The minimum Gasteiger partial charge on any atom is -0.506 e. The lowest BCUT2D eigenvalue weighted by Crippen LogP contribution is -2.49. The minimum absolute atomic E-state index is 0.00329. The number of hydrogen-bond donors (Lipinski definition) is 1. The molecule has 0 saturated heterocycles. The molecule has 0 saturated carbocycles. The third-order valence-corrected chi connectivity index (χ3v) is 4.65. The van der Waals surface area contributed by atoms with Gasteiger partial charge >= 0.3 is 0 Å². The Balaban J connectivity index is 2.00. The highest BCUT2D eigenvalue weighted by Crippen LogP contribution is 2.40. The number of phenols is 1. The molecule has 0 atom stereocenters. The molecule has 0 aliphatic carbocycles. The third kappa shape index (κ3) is 3.32. The van der Waals surface area contributed by atoms with Crippen molar-refractivity contribution < 1.29 is 5.11 Å². The number of hydrogen-bond acceptors (Lipinski definition) is 3. The lowest BCUT2D eigenvalue weighted by molar-refractivity contribution is 0.477. The van der Waals surface area contributed by atoms with E-state index in [1.54, 1.807) is 18.2 Å². The average molecular weight is 334 g/mol. The Kier molecular flexibility index (Phi) is 4.42. The van der Waals surface area contributed by atoms with Crippen LogP contribution in [0.4, 0.5) is 11.4 Å². The number of fused-ring (bicyclic) bond motifs is 1. The van der Waals surface area contributed by atoms with Crippen molar-refractivity contribution in [1.82, 2.24) is 0 Å². The van der Waals surface area contributed by atoms with Crippen LogP contribution in [-0.2, 0) is 0 Å². The summed E-state index contributed by atoms with van der Waals surface area (Å²) in [5, 5.41) is 9.85. The van der Waals surface area contributed by atoms with Gasteiger partial charge in [0.25, 0.3) is 0 Å². The molecule has 0 spiro atoms. The van der Waals surface area contributed by atoms with E-state index in [9.17, 15) is 5.11 Å². The summed E-state index contributed by atoms with van der Waals surface area (Å²) in [6.07, 6.45) is 4.14. The van der Waals surface area contributed by atoms with Gasteiger partial charge in [-0.1, -0.05) is 24.3 Å². The Morgan fingerprint density at radius 2 is 1.84 bits per heavy atom. The standard InChI is InChI=1S/C22H26N2O/c1-15(2)24-20-11-10-17(12-18(20)16(3)13-22(24,4)5)14-23-19-8-6-7-9-21(19)25/h6-15,25H,1-5H3. The van der Waals surface area contributed by atoms with E-state index in [2.05, 4.69) is 68.8 Å². The van der Waals surface area contributed by atoms with Gasteiger partial charge in [-0.3, -0.25) is 4.99 Å². The number of phenolic OH excluding ortho intramolecular Hbond substituents is 1. The van der Waals surface area contributed by atoms with E-state index < -0.39 is 0 Å². The van der Waals surface area contributed by atoms with E-state index in [1.807, 2.05) is 12.3 Å². The third-order valence-electron chi connectivity index (χ3n) is 4.65. The zero-order valence-electron chi connectivity index (χ0n) is 15.6. The molecular weight excluding hydrogens is 308 g/mol. The predicted octanol–water partition coefficient (Wildman–Crippen LogP) is 5.55. The molecule has 3 rings (SSSR count). The molecule has 1 aliphatic heterocycles. The van der Waals surface area contributed by atoms with Crippen molar-refractivity contribution in [3.8, 4) is 5.75 Å². The summed E-state index contributed by atoms with van der Waals surface area (Å²) in [7, 11) is 0. The highest BCUT2D eigenvalue weighted by atomic mass is 16.3. The van der Waals surface area contributed by atoms with E-state index in [4.69, 9.17) is 0 Å². The molecule has 0 radical (unpaired) electrons. The lowest BCUT2D eigenvalue weighted by atomic mass is 9.87. The molecule has 3 heteroatoms. The Morgan fingerprint density at radius 1 is 1.12 bits per heavy atom. The number of allylic oxidation sites excluding steroid dienone is 1. The van der Waals surface area contributed by atoms with Gasteiger partial charge in [-0.15, -0.1) is 0 Å². The molecule has 1 heterocycles. The van der Waals surface area contributed by atoms with E-state index >= 15 is 0 Å². The summed E-state index contributed by atoms with van der Waals surface area (Å²) in [5.41, 5.74) is 5.40. The second-order valence-corrected chi connectivity index (χ2v) is 7.47. The SMILES string of the molecule is CC1=CC(C)(C)N(C(C)C)c2ccc(C=Nc3ccccc3O)cc21. The van der Waals surface area contributed by atoms with Crippen LogP contribution in [0.1, 0.15) is 45.7 Å². The molecule has 2 aromatic carbocycles. The second kappa shape index (κ2) is 6.40. The molecule has 3 nitrogen and oxygen atoms in total. The van der Waals surface area contributed by atoms with E-state index in [0.29, 0.717) is 11.7 Å². The van der Waals surface area contributed by atoms with Gasteiger partial charge in [-0.25, -0.2) is 0 Å². The maximum absolute atomic E-state index is 9.85.